The van der Waals surface area contributed by atoms with Gasteiger partial charge >= 0.3 is 5.97 Å². The SMILES string of the molecule is O=C(O)C(CCCCCCO)Cc1ccccc1. The number of carboxylic acid groups (broad SMARTS) is 1. The molecule has 0 aliphatic heterocycles. The minimum atomic E-state index is -0.707. The molecule has 0 aromatic heterocycles. The molecule has 0 saturated heterocycles. The Kier molecular flexibility index (Phi) is 7.11. The van der Waals surface area contributed by atoms with E-state index in [-0.39, 0.29) is 12.5 Å². The second kappa shape index (κ2) is 8.70. The Morgan fingerprint density at radius 2 is 1.72 bits per heavy atom. The third kappa shape index (κ3) is 5.82. The minimum Gasteiger partial charge on any atom is -0.481 e. The van der Waals surface area contributed by atoms with Gasteiger partial charge in [0.25, 0.3) is 0 Å². The fourth-order valence-electron chi connectivity index (χ4n) is 2.07. The van der Waals surface area contributed by atoms with Crippen LogP contribution in [0.2, 0.25) is 0 Å². The van der Waals surface area contributed by atoms with Crippen LogP contribution in [0.15, 0.2) is 30.3 Å². The van der Waals surface area contributed by atoms with Crippen LogP contribution >= 0.6 is 0 Å². The third-order valence-corrected chi connectivity index (χ3v) is 3.13. The van der Waals surface area contributed by atoms with Gasteiger partial charge in [0.15, 0.2) is 0 Å². The number of carbonyl (C=O) groups is 1. The molecule has 0 amide bonds. The van der Waals surface area contributed by atoms with Crippen molar-refractivity contribution in [1.29, 1.82) is 0 Å². The van der Waals surface area contributed by atoms with Crippen molar-refractivity contribution in [2.45, 2.75) is 38.5 Å². The van der Waals surface area contributed by atoms with Gasteiger partial charge in [0.05, 0.1) is 5.92 Å². The molecule has 0 radical (unpaired) electrons. The largest absolute Gasteiger partial charge is 0.481 e. The molecule has 0 heterocycles. The maximum absolute atomic E-state index is 11.2. The summed E-state index contributed by atoms with van der Waals surface area (Å²) >= 11 is 0. The lowest BCUT2D eigenvalue weighted by atomic mass is 9.94. The Balaban J connectivity index is 2.34. The summed E-state index contributed by atoms with van der Waals surface area (Å²) in [5.74, 6) is -0.998. The van der Waals surface area contributed by atoms with E-state index in [4.69, 9.17) is 5.11 Å². The van der Waals surface area contributed by atoms with E-state index in [1.165, 1.54) is 0 Å². The average Bonchev–Trinajstić information content (AvgIpc) is 2.38. The van der Waals surface area contributed by atoms with Gasteiger partial charge in [-0.05, 0) is 24.8 Å². The highest BCUT2D eigenvalue weighted by atomic mass is 16.4. The Morgan fingerprint density at radius 1 is 1.06 bits per heavy atom. The maximum Gasteiger partial charge on any atom is 0.306 e. The van der Waals surface area contributed by atoms with Crippen molar-refractivity contribution in [3.05, 3.63) is 35.9 Å². The summed E-state index contributed by atoms with van der Waals surface area (Å²) in [6, 6.07) is 9.77. The molecule has 0 saturated carbocycles. The normalized spacial score (nSPS) is 12.3. The second-order valence-electron chi connectivity index (χ2n) is 4.65. The summed E-state index contributed by atoms with van der Waals surface area (Å²) < 4.78 is 0. The number of rotatable bonds is 9. The summed E-state index contributed by atoms with van der Waals surface area (Å²) in [7, 11) is 0. The summed E-state index contributed by atoms with van der Waals surface area (Å²) in [5.41, 5.74) is 1.08. The Labute approximate surface area is 108 Å². The van der Waals surface area contributed by atoms with Gasteiger partial charge in [0.1, 0.15) is 0 Å². The second-order valence-corrected chi connectivity index (χ2v) is 4.65. The van der Waals surface area contributed by atoms with Gasteiger partial charge in [0.2, 0.25) is 0 Å². The van der Waals surface area contributed by atoms with Crippen molar-refractivity contribution in [3.8, 4) is 0 Å². The monoisotopic (exact) mass is 250 g/mol. The summed E-state index contributed by atoms with van der Waals surface area (Å²) in [6.07, 6.45) is 5.04. The van der Waals surface area contributed by atoms with E-state index < -0.39 is 5.97 Å². The number of benzene rings is 1. The standard InChI is InChI=1S/C15H22O3/c16-11-7-2-1-6-10-14(15(17)18)12-13-8-4-3-5-9-13/h3-5,8-9,14,16H,1-2,6-7,10-12H2,(H,17,18). The van der Waals surface area contributed by atoms with Crippen LogP contribution in [0.1, 0.15) is 37.7 Å². The molecule has 0 fully saturated rings. The van der Waals surface area contributed by atoms with Crippen LogP contribution in [-0.2, 0) is 11.2 Å². The van der Waals surface area contributed by atoms with E-state index in [0.29, 0.717) is 6.42 Å². The number of aliphatic carboxylic acids is 1. The van der Waals surface area contributed by atoms with Gasteiger partial charge in [-0.25, -0.2) is 0 Å². The molecular formula is C15H22O3. The van der Waals surface area contributed by atoms with E-state index in [1.54, 1.807) is 0 Å². The van der Waals surface area contributed by atoms with Crippen LogP contribution in [0.4, 0.5) is 0 Å². The van der Waals surface area contributed by atoms with Crippen molar-refractivity contribution in [2.75, 3.05) is 6.61 Å². The zero-order valence-electron chi connectivity index (χ0n) is 10.7. The quantitative estimate of drug-likeness (QED) is 0.662. The number of unbranched alkanes of at least 4 members (excludes halogenated alkanes) is 3. The first-order valence-electron chi connectivity index (χ1n) is 6.61. The van der Waals surface area contributed by atoms with E-state index in [9.17, 15) is 9.90 Å². The molecule has 3 heteroatoms. The van der Waals surface area contributed by atoms with Gasteiger partial charge in [-0.15, -0.1) is 0 Å². The van der Waals surface area contributed by atoms with Gasteiger partial charge < -0.3 is 10.2 Å². The van der Waals surface area contributed by atoms with Crippen LogP contribution in [0, 0.1) is 5.92 Å². The summed E-state index contributed by atoms with van der Waals surface area (Å²) in [6.45, 7) is 0.229. The molecule has 1 rings (SSSR count). The van der Waals surface area contributed by atoms with Crippen molar-refractivity contribution in [1.82, 2.24) is 0 Å². The molecule has 0 bridgehead atoms. The number of aliphatic hydroxyl groups is 1. The molecule has 1 aromatic carbocycles. The Bertz CT molecular complexity index is 335. The fraction of sp³-hybridized carbons (Fsp3) is 0.533. The highest BCUT2D eigenvalue weighted by Crippen LogP contribution is 2.16. The van der Waals surface area contributed by atoms with Crippen molar-refractivity contribution < 1.29 is 15.0 Å². The molecule has 1 atom stereocenters. The first kappa shape index (κ1) is 14.7. The lowest BCUT2D eigenvalue weighted by Crippen LogP contribution is -2.16. The van der Waals surface area contributed by atoms with Gasteiger partial charge in [-0.3, -0.25) is 4.79 Å². The predicted octanol–water partition coefficient (Wildman–Crippen LogP) is 2.87. The van der Waals surface area contributed by atoms with E-state index >= 15 is 0 Å². The third-order valence-electron chi connectivity index (χ3n) is 3.13. The Morgan fingerprint density at radius 3 is 2.33 bits per heavy atom. The highest BCUT2D eigenvalue weighted by Gasteiger charge is 2.17. The number of hydrogen-bond donors (Lipinski definition) is 2. The highest BCUT2D eigenvalue weighted by molar-refractivity contribution is 5.70. The fourth-order valence-corrected chi connectivity index (χ4v) is 2.07. The molecule has 0 aliphatic carbocycles. The van der Waals surface area contributed by atoms with E-state index in [1.807, 2.05) is 30.3 Å². The van der Waals surface area contributed by atoms with Crippen molar-refractivity contribution >= 4 is 5.97 Å². The van der Waals surface area contributed by atoms with Crippen LogP contribution < -0.4 is 0 Å². The Hall–Kier alpha value is -1.35. The molecule has 1 unspecified atom stereocenters. The van der Waals surface area contributed by atoms with Gasteiger partial charge in [0, 0.05) is 6.61 Å². The number of carboxylic acids is 1. The van der Waals surface area contributed by atoms with Crippen molar-refractivity contribution in [2.24, 2.45) is 5.92 Å². The number of aliphatic hydroxyl groups excluding tert-OH is 1. The zero-order chi connectivity index (χ0) is 13.2. The molecule has 18 heavy (non-hydrogen) atoms. The smallest absolute Gasteiger partial charge is 0.306 e. The molecule has 0 aliphatic rings. The molecule has 100 valence electrons. The first-order chi connectivity index (χ1) is 8.74. The molecular weight excluding hydrogens is 228 g/mol. The topological polar surface area (TPSA) is 57.5 Å². The van der Waals surface area contributed by atoms with Crippen molar-refractivity contribution in [3.63, 3.8) is 0 Å². The molecule has 3 nitrogen and oxygen atoms in total. The predicted molar refractivity (Wildman–Crippen MR) is 71.4 cm³/mol. The maximum atomic E-state index is 11.2. The van der Waals surface area contributed by atoms with E-state index in [2.05, 4.69) is 0 Å². The van der Waals surface area contributed by atoms with Crippen LogP contribution in [-0.4, -0.2) is 22.8 Å². The summed E-state index contributed by atoms with van der Waals surface area (Å²) in [4.78, 5) is 11.2. The lowest BCUT2D eigenvalue weighted by Gasteiger charge is -2.12. The number of hydrogen-bond acceptors (Lipinski definition) is 2. The zero-order valence-corrected chi connectivity index (χ0v) is 10.7. The lowest BCUT2D eigenvalue weighted by molar-refractivity contribution is -0.142. The first-order valence-corrected chi connectivity index (χ1v) is 6.61. The van der Waals surface area contributed by atoms with Crippen LogP contribution in [0.5, 0.6) is 0 Å². The van der Waals surface area contributed by atoms with Gasteiger partial charge in [-0.1, -0.05) is 49.6 Å². The summed E-state index contributed by atoms with van der Waals surface area (Å²) in [5, 5.41) is 17.9. The van der Waals surface area contributed by atoms with Crippen LogP contribution in [0.3, 0.4) is 0 Å². The minimum absolute atomic E-state index is 0.229. The molecule has 1 aromatic rings. The van der Waals surface area contributed by atoms with E-state index in [0.717, 1.165) is 37.7 Å². The average molecular weight is 250 g/mol. The molecule has 0 spiro atoms. The van der Waals surface area contributed by atoms with Gasteiger partial charge in [-0.2, -0.15) is 0 Å². The van der Waals surface area contributed by atoms with Crippen LogP contribution in [0.25, 0.3) is 0 Å². The molecule has 2 N–H and O–H groups in total.